The molecule has 0 amide bonds. The fourth-order valence-electron chi connectivity index (χ4n) is 1.85. The van der Waals surface area contributed by atoms with Crippen molar-refractivity contribution in [3.8, 4) is 0 Å². The minimum absolute atomic E-state index is 0.0643. The van der Waals surface area contributed by atoms with Crippen LogP contribution in [0.4, 0.5) is 5.69 Å². The predicted molar refractivity (Wildman–Crippen MR) is 75.2 cm³/mol. The lowest BCUT2D eigenvalue weighted by Crippen LogP contribution is -2.24. The summed E-state index contributed by atoms with van der Waals surface area (Å²) in [6.07, 6.45) is 6.61. The van der Waals surface area contributed by atoms with Gasteiger partial charge in [-0.05, 0) is 43.6 Å². The number of para-hydroxylation sites is 1. The maximum Gasteiger partial charge on any atom is 0.316 e. The topological polar surface area (TPSA) is 38.3 Å². The molecule has 1 atom stereocenters. The van der Waals surface area contributed by atoms with Gasteiger partial charge < -0.3 is 10.1 Å². The zero-order valence-corrected chi connectivity index (χ0v) is 10.8. The number of rotatable bonds is 2. The Morgan fingerprint density at radius 2 is 2.06 bits per heavy atom. The second kappa shape index (κ2) is 6.31. The Labute approximate surface area is 112 Å². The summed E-state index contributed by atoms with van der Waals surface area (Å²) in [6, 6.07) is 9.42. The zero-order valence-electron chi connectivity index (χ0n) is 9.96. The van der Waals surface area contributed by atoms with Gasteiger partial charge in [0, 0.05) is 5.69 Å². The SMILES string of the molecule is O=C(OC(=S)Nc1ccccc1)C1CC=CCC1. The van der Waals surface area contributed by atoms with Crippen molar-refractivity contribution in [2.45, 2.75) is 19.3 Å². The van der Waals surface area contributed by atoms with E-state index in [-0.39, 0.29) is 17.1 Å². The van der Waals surface area contributed by atoms with Crippen molar-refractivity contribution in [3.05, 3.63) is 42.5 Å². The van der Waals surface area contributed by atoms with E-state index in [1.807, 2.05) is 36.4 Å². The Morgan fingerprint density at radius 3 is 2.72 bits per heavy atom. The van der Waals surface area contributed by atoms with Crippen LogP contribution in [0.25, 0.3) is 0 Å². The number of nitrogens with one attached hydrogen (secondary N) is 1. The van der Waals surface area contributed by atoms with Crippen molar-refractivity contribution in [1.29, 1.82) is 0 Å². The van der Waals surface area contributed by atoms with Crippen molar-refractivity contribution in [1.82, 2.24) is 0 Å². The molecular formula is C14H15NO2S. The third-order valence-corrected chi connectivity index (χ3v) is 3.00. The van der Waals surface area contributed by atoms with Gasteiger partial charge in [-0.25, -0.2) is 0 Å². The molecule has 18 heavy (non-hydrogen) atoms. The molecule has 1 aromatic rings. The average Bonchev–Trinajstić information content (AvgIpc) is 2.40. The molecule has 0 fully saturated rings. The van der Waals surface area contributed by atoms with Gasteiger partial charge in [0.15, 0.2) is 0 Å². The maximum atomic E-state index is 11.8. The summed E-state index contributed by atoms with van der Waals surface area (Å²) in [5.74, 6) is -0.307. The molecule has 0 spiro atoms. The first-order valence-corrected chi connectivity index (χ1v) is 6.39. The summed E-state index contributed by atoms with van der Waals surface area (Å²) in [6.45, 7) is 0. The molecule has 1 unspecified atom stereocenters. The highest BCUT2D eigenvalue weighted by Gasteiger charge is 2.21. The first kappa shape index (κ1) is 12.8. The van der Waals surface area contributed by atoms with Gasteiger partial charge in [0.2, 0.25) is 0 Å². The molecule has 0 aromatic heterocycles. The number of allylic oxidation sites excluding steroid dienone is 2. The number of carbonyl (C=O) groups is 1. The van der Waals surface area contributed by atoms with Crippen LogP contribution < -0.4 is 5.32 Å². The fraction of sp³-hybridized carbons (Fsp3) is 0.286. The highest BCUT2D eigenvalue weighted by atomic mass is 32.1. The highest BCUT2D eigenvalue weighted by molar-refractivity contribution is 7.80. The number of ether oxygens (including phenoxy) is 1. The van der Waals surface area contributed by atoms with E-state index >= 15 is 0 Å². The van der Waals surface area contributed by atoms with E-state index in [9.17, 15) is 4.79 Å². The van der Waals surface area contributed by atoms with Gasteiger partial charge in [-0.15, -0.1) is 0 Å². The second-order valence-electron chi connectivity index (χ2n) is 4.18. The van der Waals surface area contributed by atoms with Gasteiger partial charge in [-0.2, -0.15) is 0 Å². The molecule has 3 nitrogen and oxygen atoms in total. The van der Waals surface area contributed by atoms with E-state index in [0.29, 0.717) is 0 Å². The number of hydrogen-bond acceptors (Lipinski definition) is 3. The van der Waals surface area contributed by atoms with Gasteiger partial charge in [-0.1, -0.05) is 30.4 Å². The smallest absolute Gasteiger partial charge is 0.316 e. The molecule has 2 rings (SSSR count). The summed E-state index contributed by atoms with van der Waals surface area (Å²) in [5.41, 5.74) is 0.818. The molecule has 1 aliphatic carbocycles. The van der Waals surface area contributed by atoms with Gasteiger partial charge in [0.1, 0.15) is 0 Å². The quantitative estimate of drug-likeness (QED) is 0.504. The van der Waals surface area contributed by atoms with E-state index in [1.54, 1.807) is 0 Å². The molecule has 0 radical (unpaired) electrons. The number of benzene rings is 1. The molecular weight excluding hydrogens is 246 g/mol. The summed E-state index contributed by atoms with van der Waals surface area (Å²) >= 11 is 5.01. The number of esters is 1. The molecule has 1 N–H and O–H groups in total. The summed E-state index contributed by atoms with van der Waals surface area (Å²) in [5, 5.41) is 2.99. The zero-order chi connectivity index (χ0) is 12.8. The highest BCUT2D eigenvalue weighted by Crippen LogP contribution is 2.19. The molecule has 0 aliphatic heterocycles. The fourth-order valence-corrected chi connectivity index (χ4v) is 2.05. The first-order valence-electron chi connectivity index (χ1n) is 5.98. The Kier molecular flexibility index (Phi) is 4.47. The van der Waals surface area contributed by atoms with Crippen molar-refractivity contribution in [3.63, 3.8) is 0 Å². The molecule has 1 aliphatic rings. The third-order valence-electron chi connectivity index (χ3n) is 2.82. The molecule has 94 valence electrons. The summed E-state index contributed by atoms with van der Waals surface area (Å²) < 4.78 is 5.14. The van der Waals surface area contributed by atoms with E-state index < -0.39 is 0 Å². The van der Waals surface area contributed by atoms with E-state index in [0.717, 1.165) is 24.9 Å². The Morgan fingerprint density at radius 1 is 1.28 bits per heavy atom. The van der Waals surface area contributed by atoms with Crippen molar-refractivity contribution >= 4 is 29.0 Å². The lowest BCUT2D eigenvalue weighted by Gasteiger charge is -2.16. The van der Waals surface area contributed by atoms with Crippen LogP contribution in [0.3, 0.4) is 0 Å². The van der Waals surface area contributed by atoms with Crippen LogP contribution in [0, 0.1) is 5.92 Å². The molecule has 0 heterocycles. The average molecular weight is 261 g/mol. The number of carbonyl (C=O) groups excluding carboxylic acids is 1. The molecule has 0 saturated heterocycles. The number of anilines is 1. The van der Waals surface area contributed by atoms with Crippen LogP contribution >= 0.6 is 12.2 Å². The van der Waals surface area contributed by atoms with Crippen LogP contribution in [0.15, 0.2) is 42.5 Å². The second-order valence-corrected chi connectivity index (χ2v) is 4.55. The van der Waals surface area contributed by atoms with Gasteiger partial charge in [0.05, 0.1) is 5.92 Å². The van der Waals surface area contributed by atoms with Crippen molar-refractivity contribution in [2.75, 3.05) is 5.32 Å². The van der Waals surface area contributed by atoms with E-state index in [4.69, 9.17) is 17.0 Å². The minimum Gasteiger partial charge on any atom is -0.399 e. The largest absolute Gasteiger partial charge is 0.399 e. The lowest BCUT2D eigenvalue weighted by atomic mass is 9.95. The Hall–Kier alpha value is -1.68. The molecule has 0 bridgehead atoms. The van der Waals surface area contributed by atoms with Crippen LogP contribution in [0.5, 0.6) is 0 Å². The molecule has 0 saturated carbocycles. The maximum absolute atomic E-state index is 11.8. The Balaban J connectivity index is 1.84. The lowest BCUT2D eigenvalue weighted by molar-refractivity contribution is -0.140. The van der Waals surface area contributed by atoms with E-state index in [2.05, 4.69) is 11.4 Å². The summed E-state index contributed by atoms with van der Waals surface area (Å²) in [7, 11) is 0. The predicted octanol–water partition coefficient (Wildman–Crippen LogP) is 3.28. The van der Waals surface area contributed by atoms with Crippen molar-refractivity contribution < 1.29 is 9.53 Å². The first-order chi connectivity index (χ1) is 8.75. The van der Waals surface area contributed by atoms with Crippen LogP contribution in [-0.2, 0) is 9.53 Å². The molecule has 4 heteroatoms. The number of hydrogen-bond donors (Lipinski definition) is 1. The molecule has 1 aromatic carbocycles. The van der Waals surface area contributed by atoms with Crippen LogP contribution in [-0.4, -0.2) is 11.1 Å². The minimum atomic E-state index is -0.243. The van der Waals surface area contributed by atoms with Crippen LogP contribution in [0.2, 0.25) is 0 Å². The normalized spacial score (nSPS) is 18.1. The standard InChI is InChI=1S/C14H15NO2S/c16-13(11-7-3-1-4-8-11)17-14(18)15-12-9-5-2-6-10-12/h1-3,5-6,9-11H,4,7-8H2,(H,15,18). The van der Waals surface area contributed by atoms with Gasteiger partial charge in [0.25, 0.3) is 5.17 Å². The third kappa shape index (κ3) is 3.67. The number of thiocarbonyl (C=S) groups is 1. The summed E-state index contributed by atoms with van der Waals surface area (Å²) in [4.78, 5) is 11.8. The van der Waals surface area contributed by atoms with E-state index in [1.165, 1.54) is 0 Å². The monoisotopic (exact) mass is 261 g/mol. The van der Waals surface area contributed by atoms with Gasteiger partial charge >= 0.3 is 5.97 Å². The van der Waals surface area contributed by atoms with Crippen molar-refractivity contribution in [2.24, 2.45) is 5.92 Å². The van der Waals surface area contributed by atoms with Crippen LogP contribution in [0.1, 0.15) is 19.3 Å². The Bertz CT molecular complexity index is 456. The van der Waals surface area contributed by atoms with Gasteiger partial charge in [-0.3, -0.25) is 4.79 Å².